The van der Waals surface area contributed by atoms with Crippen molar-refractivity contribution in [2.45, 2.75) is 0 Å². The van der Waals surface area contributed by atoms with Crippen LogP contribution in [0.1, 0.15) is 0 Å². The fraction of sp³-hybridized carbons (Fsp3) is 0. The molecule has 0 heterocycles. The average Bonchev–Trinajstić information content (AvgIpc) is 1.86. The van der Waals surface area contributed by atoms with E-state index in [1.165, 1.54) is 12.1 Å². The van der Waals surface area contributed by atoms with E-state index in [9.17, 15) is 4.57 Å². The SMILES string of the molecule is O=P(O)(O)c1ccc(Br)cc1.[Cu]. The number of rotatable bonds is 1. The van der Waals surface area contributed by atoms with Crippen molar-refractivity contribution in [2.75, 3.05) is 0 Å². The molecular weight excluding hydrogens is 294 g/mol. The Morgan fingerprint density at radius 3 is 1.92 bits per heavy atom. The average molecular weight is 301 g/mol. The number of benzene rings is 1. The molecule has 0 aliphatic heterocycles. The molecule has 6 heteroatoms. The van der Waals surface area contributed by atoms with E-state index >= 15 is 0 Å². The van der Waals surface area contributed by atoms with Crippen LogP contribution in [0.3, 0.4) is 0 Å². The second-order valence-electron chi connectivity index (χ2n) is 2.02. The molecule has 0 atom stereocenters. The minimum atomic E-state index is -4.06. The normalized spacial score (nSPS) is 10.6. The van der Waals surface area contributed by atoms with E-state index in [-0.39, 0.29) is 22.4 Å². The molecule has 12 heavy (non-hydrogen) atoms. The van der Waals surface area contributed by atoms with Crippen LogP contribution in [0.2, 0.25) is 0 Å². The van der Waals surface area contributed by atoms with Crippen molar-refractivity contribution in [2.24, 2.45) is 0 Å². The maximum absolute atomic E-state index is 10.6. The Morgan fingerprint density at radius 2 is 1.58 bits per heavy atom. The van der Waals surface area contributed by atoms with Crippen LogP contribution in [-0.4, -0.2) is 9.79 Å². The summed E-state index contributed by atoms with van der Waals surface area (Å²) in [6.45, 7) is 0. The van der Waals surface area contributed by atoms with Crippen molar-refractivity contribution >= 4 is 28.8 Å². The Kier molecular flexibility index (Phi) is 4.70. The van der Waals surface area contributed by atoms with Gasteiger partial charge in [0.2, 0.25) is 0 Å². The van der Waals surface area contributed by atoms with E-state index < -0.39 is 7.60 Å². The molecule has 0 bridgehead atoms. The minimum Gasteiger partial charge on any atom is -0.321 e. The van der Waals surface area contributed by atoms with Gasteiger partial charge >= 0.3 is 7.60 Å². The first-order valence-electron chi connectivity index (χ1n) is 2.82. The standard InChI is InChI=1S/C6H6BrO3P.Cu/c7-5-1-3-6(4-2-5)11(8,9)10;/h1-4H,(H2,8,9,10);. The number of hydrogen-bond acceptors (Lipinski definition) is 1. The van der Waals surface area contributed by atoms with E-state index in [0.717, 1.165) is 4.47 Å². The Balaban J connectivity index is 0.00000121. The van der Waals surface area contributed by atoms with Crippen molar-refractivity contribution in [1.82, 2.24) is 0 Å². The molecule has 3 nitrogen and oxygen atoms in total. The second-order valence-corrected chi connectivity index (χ2v) is 4.54. The fourth-order valence-corrected chi connectivity index (χ4v) is 1.44. The fourth-order valence-electron chi connectivity index (χ4n) is 0.635. The van der Waals surface area contributed by atoms with Crippen molar-refractivity contribution in [1.29, 1.82) is 0 Å². The summed E-state index contributed by atoms with van der Waals surface area (Å²) >= 11 is 3.16. The molecule has 0 spiro atoms. The summed E-state index contributed by atoms with van der Waals surface area (Å²) < 4.78 is 11.4. The molecule has 0 saturated heterocycles. The molecule has 1 radical (unpaired) electrons. The van der Waals surface area contributed by atoms with Gasteiger partial charge in [0.05, 0.1) is 5.30 Å². The van der Waals surface area contributed by atoms with Gasteiger partial charge in [0.25, 0.3) is 0 Å². The summed E-state index contributed by atoms with van der Waals surface area (Å²) in [7, 11) is -4.06. The van der Waals surface area contributed by atoms with Gasteiger partial charge in [0, 0.05) is 21.5 Å². The van der Waals surface area contributed by atoms with Crippen LogP contribution in [0.4, 0.5) is 0 Å². The van der Waals surface area contributed by atoms with Crippen molar-refractivity contribution < 1.29 is 31.4 Å². The van der Waals surface area contributed by atoms with Crippen LogP contribution < -0.4 is 5.30 Å². The molecule has 0 aromatic heterocycles. The van der Waals surface area contributed by atoms with Gasteiger partial charge in [-0.15, -0.1) is 0 Å². The maximum atomic E-state index is 10.6. The molecular formula is C6H6BrCuO3P. The van der Waals surface area contributed by atoms with Crippen LogP contribution in [0.15, 0.2) is 28.7 Å². The quantitative estimate of drug-likeness (QED) is 0.606. The summed E-state index contributed by atoms with van der Waals surface area (Å²) in [5.41, 5.74) is 0. The molecule has 0 unspecified atom stereocenters. The van der Waals surface area contributed by atoms with Crippen molar-refractivity contribution in [3.8, 4) is 0 Å². The monoisotopic (exact) mass is 299 g/mol. The molecule has 1 rings (SSSR count). The van der Waals surface area contributed by atoms with Crippen molar-refractivity contribution in [3.05, 3.63) is 28.7 Å². The number of halogens is 1. The summed E-state index contributed by atoms with van der Waals surface area (Å²) in [5, 5.41) is 0.0423. The summed E-state index contributed by atoms with van der Waals surface area (Å²) in [6, 6.07) is 5.97. The van der Waals surface area contributed by atoms with E-state index in [1.54, 1.807) is 12.1 Å². The van der Waals surface area contributed by atoms with Gasteiger partial charge in [-0.1, -0.05) is 15.9 Å². The van der Waals surface area contributed by atoms with E-state index in [2.05, 4.69) is 15.9 Å². The van der Waals surface area contributed by atoms with Gasteiger partial charge in [-0.25, -0.2) is 0 Å². The molecule has 2 N–H and O–H groups in total. The predicted octanol–water partition coefficient (Wildman–Crippen LogP) is 1.25. The predicted molar refractivity (Wildman–Crippen MR) is 45.8 cm³/mol. The summed E-state index contributed by atoms with van der Waals surface area (Å²) in [6.07, 6.45) is 0. The zero-order valence-corrected chi connectivity index (χ0v) is 9.16. The molecule has 0 amide bonds. The first-order chi connectivity index (χ1) is 5.00. The third-order valence-electron chi connectivity index (χ3n) is 1.16. The molecule has 0 aliphatic rings. The Labute approximate surface area is 88.9 Å². The van der Waals surface area contributed by atoms with Gasteiger partial charge in [0.1, 0.15) is 0 Å². The van der Waals surface area contributed by atoms with Gasteiger partial charge < -0.3 is 9.79 Å². The Bertz CT molecular complexity index is 294. The van der Waals surface area contributed by atoms with Crippen LogP contribution in [0.25, 0.3) is 0 Å². The first-order valence-corrected chi connectivity index (χ1v) is 5.22. The van der Waals surface area contributed by atoms with Crippen LogP contribution in [0.5, 0.6) is 0 Å². The largest absolute Gasteiger partial charge is 0.356 e. The smallest absolute Gasteiger partial charge is 0.321 e. The van der Waals surface area contributed by atoms with Gasteiger partial charge in [0.15, 0.2) is 0 Å². The summed E-state index contributed by atoms with van der Waals surface area (Å²) in [4.78, 5) is 17.4. The van der Waals surface area contributed by atoms with Gasteiger partial charge in [-0.2, -0.15) is 0 Å². The van der Waals surface area contributed by atoms with Crippen LogP contribution in [0, 0.1) is 0 Å². The molecule has 1 aromatic rings. The van der Waals surface area contributed by atoms with Gasteiger partial charge in [-0.05, 0) is 24.3 Å². The maximum Gasteiger partial charge on any atom is 0.356 e. The second kappa shape index (κ2) is 4.56. The Hall–Kier alpha value is 0.369. The zero-order valence-electron chi connectivity index (χ0n) is 5.74. The molecule has 71 valence electrons. The Morgan fingerprint density at radius 1 is 1.17 bits per heavy atom. The molecule has 0 saturated carbocycles. The minimum absolute atomic E-state index is 0. The first kappa shape index (κ1) is 12.4. The van der Waals surface area contributed by atoms with Crippen LogP contribution >= 0.6 is 23.5 Å². The van der Waals surface area contributed by atoms with Gasteiger partial charge in [-0.3, -0.25) is 4.57 Å². The van der Waals surface area contributed by atoms with Crippen LogP contribution in [-0.2, 0) is 21.6 Å². The third-order valence-corrected chi connectivity index (χ3v) is 2.66. The topological polar surface area (TPSA) is 57.5 Å². The van der Waals surface area contributed by atoms with E-state index in [4.69, 9.17) is 9.79 Å². The molecule has 1 aromatic carbocycles. The van der Waals surface area contributed by atoms with E-state index in [0.29, 0.717) is 0 Å². The molecule has 0 aliphatic carbocycles. The van der Waals surface area contributed by atoms with Crippen molar-refractivity contribution in [3.63, 3.8) is 0 Å². The zero-order chi connectivity index (χ0) is 8.48. The summed E-state index contributed by atoms with van der Waals surface area (Å²) in [5.74, 6) is 0. The van der Waals surface area contributed by atoms with E-state index in [1.807, 2.05) is 0 Å². The third kappa shape index (κ3) is 3.40. The number of hydrogen-bond donors (Lipinski definition) is 2. The molecule has 0 fully saturated rings.